The van der Waals surface area contributed by atoms with E-state index in [4.69, 9.17) is 10.1 Å². The molecule has 0 spiro atoms. The van der Waals surface area contributed by atoms with E-state index in [1.807, 2.05) is 22.6 Å². The van der Waals surface area contributed by atoms with Gasteiger partial charge < -0.3 is 10.0 Å². The van der Waals surface area contributed by atoms with Crippen molar-refractivity contribution in [3.8, 4) is 0 Å². The predicted octanol–water partition coefficient (Wildman–Crippen LogP) is 2.87. The van der Waals surface area contributed by atoms with Crippen molar-refractivity contribution in [3.05, 3.63) is 36.5 Å². The summed E-state index contributed by atoms with van der Waals surface area (Å²) in [5.74, 6) is 2.54. The topological polar surface area (TPSA) is 53.7 Å². The minimum Gasteiger partial charge on any atom is -0.396 e. The van der Waals surface area contributed by atoms with Crippen LogP contribution in [0.5, 0.6) is 0 Å². The summed E-state index contributed by atoms with van der Waals surface area (Å²) in [4.78, 5) is 11.7. The van der Waals surface area contributed by atoms with Crippen LogP contribution < -0.4 is 4.90 Å². The van der Waals surface area contributed by atoms with Crippen LogP contribution in [0.3, 0.4) is 0 Å². The first kappa shape index (κ1) is 14.5. The minimum absolute atomic E-state index is 0.311. The molecule has 1 fully saturated rings. The van der Waals surface area contributed by atoms with Crippen LogP contribution in [0.25, 0.3) is 16.8 Å². The zero-order chi connectivity index (χ0) is 15.6. The average molecular weight is 310 g/mol. The van der Waals surface area contributed by atoms with Gasteiger partial charge in [-0.2, -0.15) is 4.98 Å². The molecule has 1 N–H and O–H groups in total. The Kier molecular flexibility index (Phi) is 3.87. The number of benzene rings is 1. The summed E-state index contributed by atoms with van der Waals surface area (Å²) in [7, 11) is 0. The van der Waals surface area contributed by atoms with E-state index in [1.165, 1.54) is 12.8 Å². The molecule has 3 heterocycles. The lowest BCUT2D eigenvalue weighted by Gasteiger charge is -2.32. The molecule has 3 aromatic rings. The van der Waals surface area contributed by atoms with E-state index >= 15 is 0 Å². The third-order valence-electron chi connectivity index (χ3n) is 4.87. The SMILES string of the molecule is OCCCC1CCN(c2ccn3c(n2)nc2ccccc23)CC1. The number of fused-ring (bicyclic) bond motifs is 3. The predicted molar refractivity (Wildman–Crippen MR) is 91.7 cm³/mol. The third-order valence-corrected chi connectivity index (χ3v) is 4.87. The molecule has 1 aliphatic rings. The van der Waals surface area contributed by atoms with Crippen LogP contribution in [0.15, 0.2) is 36.5 Å². The largest absolute Gasteiger partial charge is 0.396 e. The first-order valence-corrected chi connectivity index (χ1v) is 8.45. The van der Waals surface area contributed by atoms with Gasteiger partial charge in [-0.15, -0.1) is 0 Å². The number of piperidine rings is 1. The van der Waals surface area contributed by atoms with E-state index in [1.54, 1.807) is 0 Å². The van der Waals surface area contributed by atoms with E-state index in [-0.39, 0.29) is 0 Å². The van der Waals surface area contributed by atoms with Crippen LogP contribution in [-0.4, -0.2) is 39.2 Å². The number of anilines is 1. The van der Waals surface area contributed by atoms with Crippen LogP contribution in [0.1, 0.15) is 25.7 Å². The van der Waals surface area contributed by atoms with Crippen molar-refractivity contribution >= 4 is 22.6 Å². The van der Waals surface area contributed by atoms with Gasteiger partial charge in [0.2, 0.25) is 5.78 Å². The van der Waals surface area contributed by atoms with Crippen molar-refractivity contribution in [1.29, 1.82) is 0 Å². The fourth-order valence-electron chi connectivity index (χ4n) is 3.55. The summed E-state index contributed by atoms with van der Waals surface area (Å²) >= 11 is 0. The highest BCUT2D eigenvalue weighted by molar-refractivity contribution is 5.79. The Hall–Kier alpha value is -2.14. The fraction of sp³-hybridized carbons (Fsp3) is 0.444. The summed E-state index contributed by atoms with van der Waals surface area (Å²) in [6, 6.07) is 10.2. The lowest BCUT2D eigenvalue weighted by atomic mass is 9.92. The number of aliphatic hydroxyl groups is 1. The Bertz CT molecular complexity index is 805. The highest BCUT2D eigenvalue weighted by Crippen LogP contribution is 2.25. The maximum absolute atomic E-state index is 8.96. The molecule has 0 unspecified atom stereocenters. The fourth-order valence-corrected chi connectivity index (χ4v) is 3.55. The van der Waals surface area contributed by atoms with Gasteiger partial charge in [0, 0.05) is 25.9 Å². The summed E-state index contributed by atoms with van der Waals surface area (Å²) < 4.78 is 2.05. The molecule has 120 valence electrons. The highest BCUT2D eigenvalue weighted by Gasteiger charge is 2.20. The van der Waals surface area contributed by atoms with Gasteiger partial charge in [0.15, 0.2) is 0 Å². The number of aromatic nitrogens is 3. The zero-order valence-electron chi connectivity index (χ0n) is 13.2. The molecular weight excluding hydrogens is 288 g/mol. The van der Waals surface area contributed by atoms with E-state index in [9.17, 15) is 0 Å². The van der Waals surface area contributed by atoms with Gasteiger partial charge in [0.25, 0.3) is 0 Å². The quantitative estimate of drug-likeness (QED) is 0.805. The second-order valence-corrected chi connectivity index (χ2v) is 6.35. The Balaban J connectivity index is 1.54. The molecule has 0 bridgehead atoms. The molecule has 0 atom stereocenters. The monoisotopic (exact) mass is 310 g/mol. The molecule has 0 radical (unpaired) electrons. The third kappa shape index (κ3) is 2.77. The van der Waals surface area contributed by atoms with Crippen molar-refractivity contribution in [2.45, 2.75) is 25.7 Å². The van der Waals surface area contributed by atoms with E-state index in [0.29, 0.717) is 6.61 Å². The van der Waals surface area contributed by atoms with Crippen molar-refractivity contribution in [3.63, 3.8) is 0 Å². The number of aliphatic hydroxyl groups excluding tert-OH is 1. The van der Waals surface area contributed by atoms with Gasteiger partial charge in [0.1, 0.15) is 5.82 Å². The van der Waals surface area contributed by atoms with Crippen LogP contribution in [-0.2, 0) is 0 Å². The molecule has 5 heteroatoms. The normalized spacial score (nSPS) is 16.5. The molecule has 1 aromatic carbocycles. The Morgan fingerprint density at radius 3 is 2.74 bits per heavy atom. The van der Waals surface area contributed by atoms with Crippen LogP contribution in [0, 0.1) is 5.92 Å². The highest BCUT2D eigenvalue weighted by atomic mass is 16.2. The molecule has 1 saturated heterocycles. The number of imidazole rings is 1. The Labute approximate surface area is 135 Å². The van der Waals surface area contributed by atoms with Crippen molar-refractivity contribution in [1.82, 2.24) is 14.4 Å². The summed E-state index contributed by atoms with van der Waals surface area (Å²) in [5.41, 5.74) is 2.09. The van der Waals surface area contributed by atoms with Crippen molar-refractivity contribution in [2.75, 3.05) is 24.6 Å². The molecule has 2 aromatic heterocycles. The van der Waals surface area contributed by atoms with Crippen LogP contribution in [0.4, 0.5) is 5.82 Å². The second-order valence-electron chi connectivity index (χ2n) is 6.35. The number of hydrogen-bond donors (Lipinski definition) is 1. The molecule has 0 saturated carbocycles. The molecule has 0 amide bonds. The van der Waals surface area contributed by atoms with Crippen molar-refractivity contribution in [2.24, 2.45) is 5.92 Å². The lowest BCUT2D eigenvalue weighted by molar-refractivity contribution is 0.261. The van der Waals surface area contributed by atoms with Gasteiger partial charge in [-0.25, -0.2) is 4.98 Å². The Morgan fingerprint density at radius 2 is 1.91 bits per heavy atom. The van der Waals surface area contributed by atoms with Crippen LogP contribution >= 0.6 is 0 Å². The van der Waals surface area contributed by atoms with Gasteiger partial charge in [0.05, 0.1) is 11.0 Å². The van der Waals surface area contributed by atoms with Gasteiger partial charge in [-0.05, 0) is 49.8 Å². The molecule has 4 rings (SSSR count). The summed E-state index contributed by atoms with van der Waals surface area (Å²) in [6.07, 6.45) is 6.51. The molecular formula is C18H22N4O. The maximum atomic E-state index is 8.96. The van der Waals surface area contributed by atoms with Crippen LogP contribution in [0.2, 0.25) is 0 Å². The van der Waals surface area contributed by atoms with E-state index in [0.717, 1.165) is 54.5 Å². The minimum atomic E-state index is 0.311. The maximum Gasteiger partial charge on any atom is 0.236 e. The van der Waals surface area contributed by atoms with Crippen molar-refractivity contribution < 1.29 is 5.11 Å². The molecule has 0 aliphatic carbocycles. The van der Waals surface area contributed by atoms with Gasteiger partial charge in [-0.1, -0.05) is 12.1 Å². The van der Waals surface area contributed by atoms with Gasteiger partial charge in [-0.3, -0.25) is 4.40 Å². The smallest absolute Gasteiger partial charge is 0.236 e. The second kappa shape index (κ2) is 6.16. The zero-order valence-corrected chi connectivity index (χ0v) is 13.2. The molecule has 5 nitrogen and oxygen atoms in total. The number of hydrogen-bond acceptors (Lipinski definition) is 4. The standard InChI is InChI=1S/C18H22N4O/c23-13-3-4-14-7-10-21(11-8-14)17-9-12-22-16-6-2-1-5-15(16)19-18(22)20-17/h1-2,5-6,9,12,14,23H,3-4,7-8,10-11,13H2. The van der Waals surface area contributed by atoms with Gasteiger partial charge >= 0.3 is 0 Å². The average Bonchev–Trinajstić information content (AvgIpc) is 2.98. The first-order chi connectivity index (χ1) is 11.3. The molecule has 23 heavy (non-hydrogen) atoms. The summed E-state index contributed by atoms with van der Waals surface area (Å²) in [5, 5.41) is 8.96. The molecule has 1 aliphatic heterocycles. The van der Waals surface area contributed by atoms with E-state index < -0.39 is 0 Å². The number of nitrogens with zero attached hydrogens (tertiary/aromatic N) is 4. The summed E-state index contributed by atoms with van der Waals surface area (Å²) in [6.45, 7) is 2.39. The lowest BCUT2D eigenvalue weighted by Crippen LogP contribution is -2.34. The number of para-hydroxylation sites is 2. The Morgan fingerprint density at radius 1 is 1.09 bits per heavy atom. The van der Waals surface area contributed by atoms with E-state index in [2.05, 4.69) is 28.2 Å². The first-order valence-electron chi connectivity index (χ1n) is 8.45. The number of rotatable bonds is 4.